The number of carbonyl (C=O) groups excluding carboxylic acids is 1. The van der Waals surface area contributed by atoms with Crippen molar-refractivity contribution in [2.75, 3.05) is 18.2 Å². The number of nitrogens with one attached hydrogen (secondary N) is 2. The Bertz CT molecular complexity index is 297. The molecule has 0 bridgehead atoms. The normalized spacial score (nSPS) is 12.2. The molecule has 4 N–H and O–H groups in total. The van der Waals surface area contributed by atoms with Gasteiger partial charge in [-0.25, -0.2) is 9.89 Å². The first-order valence-corrected chi connectivity index (χ1v) is 3.65. The van der Waals surface area contributed by atoms with Gasteiger partial charge < -0.3 is 15.8 Å². The maximum Gasteiger partial charge on any atom is 0.328 e. The van der Waals surface area contributed by atoms with E-state index in [9.17, 15) is 4.79 Å². The van der Waals surface area contributed by atoms with E-state index in [0.717, 1.165) is 0 Å². The minimum absolute atomic E-state index is 0.194. The van der Waals surface area contributed by atoms with Crippen molar-refractivity contribution in [3.05, 3.63) is 0 Å². The summed E-state index contributed by atoms with van der Waals surface area (Å²) in [6.45, 7) is 1.64. The molecule has 0 aromatic carbocycles. The average molecular weight is 185 g/mol. The van der Waals surface area contributed by atoms with Crippen LogP contribution in [-0.4, -0.2) is 34.3 Å². The molecule has 7 heteroatoms. The number of rotatable bonds is 3. The molecule has 0 fully saturated rings. The first kappa shape index (κ1) is 9.30. The van der Waals surface area contributed by atoms with Crippen LogP contribution >= 0.6 is 0 Å². The fraction of sp³-hybridized carbons (Fsp3) is 0.500. The molecule has 72 valence electrons. The van der Waals surface area contributed by atoms with Crippen LogP contribution in [0.25, 0.3) is 0 Å². The lowest BCUT2D eigenvalue weighted by Crippen LogP contribution is -2.27. The number of hydrogen-bond acceptors (Lipinski definition) is 6. The van der Waals surface area contributed by atoms with Gasteiger partial charge in [0.25, 0.3) is 0 Å². The highest BCUT2D eigenvalue weighted by Crippen LogP contribution is 2.01. The van der Waals surface area contributed by atoms with Gasteiger partial charge in [-0.2, -0.15) is 4.98 Å². The molecule has 0 aliphatic carbocycles. The lowest BCUT2D eigenvalue weighted by molar-refractivity contribution is -0.141. The van der Waals surface area contributed by atoms with E-state index < -0.39 is 6.04 Å². The molecule has 1 aromatic rings. The number of nitrogens with zero attached hydrogens (tertiary/aromatic N) is 2. The highest BCUT2D eigenvalue weighted by molar-refractivity contribution is 5.77. The SMILES string of the molecule is COC(=O)C(C)Nc1n[nH]c(N)n1. The third kappa shape index (κ3) is 2.32. The molecule has 0 spiro atoms. The fourth-order valence-electron chi connectivity index (χ4n) is 0.768. The number of aromatic nitrogens is 3. The molecule has 1 rings (SSSR count). The Labute approximate surface area is 74.7 Å². The van der Waals surface area contributed by atoms with Gasteiger partial charge in [0.15, 0.2) is 0 Å². The summed E-state index contributed by atoms with van der Waals surface area (Å²) in [5, 5.41) is 8.83. The summed E-state index contributed by atoms with van der Waals surface area (Å²) in [6.07, 6.45) is 0. The van der Waals surface area contributed by atoms with Crippen molar-refractivity contribution in [3.8, 4) is 0 Å². The Morgan fingerprint density at radius 3 is 2.92 bits per heavy atom. The number of carbonyl (C=O) groups is 1. The first-order chi connectivity index (χ1) is 6.13. The molecule has 0 amide bonds. The molecule has 0 aliphatic heterocycles. The number of H-pyrrole nitrogens is 1. The Morgan fingerprint density at radius 1 is 1.77 bits per heavy atom. The van der Waals surface area contributed by atoms with Crippen LogP contribution in [0, 0.1) is 0 Å². The predicted octanol–water partition coefficient (Wildman–Crippen LogP) is -0.640. The van der Waals surface area contributed by atoms with Crippen molar-refractivity contribution in [2.24, 2.45) is 0 Å². The molecular weight excluding hydrogens is 174 g/mol. The third-order valence-electron chi connectivity index (χ3n) is 1.40. The second kappa shape index (κ2) is 3.74. The molecule has 0 saturated carbocycles. The van der Waals surface area contributed by atoms with Gasteiger partial charge in [0.2, 0.25) is 11.9 Å². The smallest absolute Gasteiger partial charge is 0.328 e. The van der Waals surface area contributed by atoms with Crippen LogP contribution < -0.4 is 11.1 Å². The molecular formula is C6H11N5O2. The van der Waals surface area contributed by atoms with Gasteiger partial charge in [-0.15, -0.1) is 5.10 Å². The maximum atomic E-state index is 10.9. The van der Waals surface area contributed by atoms with Crippen molar-refractivity contribution in [3.63, 3.8) is 0 Å². The van der Waals surface area contributed by atoms with E-state index in [1.54, 1.807) is 6.92 Å². The molecule has 0 aliphatic rings. The van der Waals surface area contributed by atoms with Crippen LogP contribution in [0.2, 0.25) is 0 Å². The van der Waals surface area contributed by atoms with Crippen molar-refractivity contribution in [1.29, 1.82) is 0 Å². The van der Waals surface area contributed by atoms with E-state index in [-0.39, 0.29) is 17.9 Å². The number of nitrogen functional groups attached to an aromatic ring is 1. The zero-order chi connectivity index (χ0) is 9.84. The average Bonchev–Trinajstić information content (AvgIpc) is 2.49. The highest BCUT2D eigenvalue weighted by atomic mass is 16.5. The predicted molar refractivity (Wildman–Crippen MR) is 45.9 cm³/mol. The van der Waals surface area contributed by atoms with Gasteiger partial charge in [0.05, 0.1) is 7.11 Å². The van der Waals surface area contributed by atoms with Crippen molar-refractivity contribution < 1.29 is 9.53 Å². The summed E-state index contributed by atoms with van der Waals surface area (Å²) in [7, 11) is 1.31. The topological polar surface area (TPSA) is 106 Å². The van der Waals surface area contributed by atoms with Crippen LogP contribution in [-0.2, 0) is 9.53 Å². The Hall–Kier alpha value is -1.79. The largest absolute Gasteiger partial charge is 0.467 e. The Kier molecular flexibility index (Phi) is 2.68. The Balaban J connectivity index is 2.54. The number of anilines is 2. The van der Waals surface area contributed by atoms with Gasteiger partial charge in [-0.05, 0) is 6.92 Å². The Morgan fingerprint density at radius 2 is 2.46 bits per heavy atom. The van der Waals surface area contributed by atoms with E-state index in [4.69, 9.17) is 5.73 Å². The second-order valence-corrected chi connectivity index (χ2v) is 2.43. The van der Waals surface area contributed by atoms with Crippen molar-refractivity contribution >= 4 is 17.9 Å². The highest BCUT2D eigenvalue weighted by Gasteiger charge is 2.14. The summed E-state index contributed by atoms with van der Waals surface area (Å²) in [4.78, 5) is 14.7. The van der Waals surface area contributed by atoms with Gasteiger partial charge in [-0.1, -0.05) is 0 Å². The summed E-state index contributed by atoms with van der Waals surface area (Å²) in [5.74, 6) is 0.0818. The zero-order valence-corrected chi connectivity index (χ0v) is 7.37. The lowest BCUT2D eigenvalue weighted by Gasteiger charge is -2.08. The summed E-state index contributed by atoms with van der Waals surface area (Å²) >= 11 is 0. The summed E-state index contributed by atoms with van der Waals surface area (Å²) in [5.41, 5.74) is 5.28. The second-order valence-electron chi connectivity index (χ2n) is 2.43. The lowest BCUT2D eigenvalue weighted by atomic mass is 10.3. The minimum atomic E-state index is -0.500. The first-order valence-electron chi connectivity index (χ1n) is 3.65. The summed E-state index contributed by atoms with van der Waals surface area (Å²) in [6, 6.07) is -0.500. The van der Waals surface area contributed by atoms with Gasteiger partial charge >= 0.3 is 5.97 Å². The molecule has 0 radical (unpaired) electrons. The number of methoxy groups -OCH3 is 1. The number of hydrogen-bond donors (Lipinski definition) is 3. The molecule has 7 nitrogen and oxygen atoms in total. The molecule has 13 heavy (non-hydrogen) atoms. The van der Waals surface area contributed by atoms with Crippen molar-refractivity contribution in [1.82, 2.24) is 15.2 Å². The quantitative estimate of drug-likeness (QED) is 0.541. The van der Waals surface area contributed by atoms with Crippen molar-refractivity contribution in [2.45, 2.75) is 13.0 Å². The number of ether oxygens (including phenoxy) is 1. The minimum Gasteiger partial charge on any atom is -0.467 e. The van der Waals surface area contributed by atoms with Gasteiger partial charge in [0.1, 0.15) is 6.04 Å². The van der Waals surface area contributed by atoms with E-state index in [2.05, 4.69) is 25.2 Å². The maximum absolute atomic E-state index is 10.9. The monoisotopic (exact) mass is 185 g/mol. The van der Waals surface area contributed by atoms with Crippen LogP contribution in [0.3, 0.4) is 0 Å². The zero-order valence-electron chi connectivity index (χ0n) is 7.37. The van der Waals surface area contributed by atoms with Crippen LogP contribution in [0.1, 0.15) is 6.92 Å². The van der Waals surface area contributed by atoms with Crippen LogP contribution in [0.15, 0.2) is 0 Å². The van der Waals surface area contributed by atoms with E-state index >= 15 is 0 Å². The number of aromatic amines is 1. The fourth-order valence-corrected chi connectivity index (χ4v) is 0.768. The summed E-state index contributed by atoms with van der Waals surface area (Å²) < 4.78 is 4.49. The van der Waals surface area contributed by atoms with E-state index in [0.29, 0.717) is 0 Å². The van der Waals surface area contributed by atoms with Gasteiger partial charge in [-0.3, -0.25) is 0 Å². The van der Waals surface area contributed by atoms with Crippen LogP contribution in [0.5, 0.6) is 0 Å². The molecule has 1 aromatic heterocycles. The number of nitrogens with two attached hydrogens (primary N) is 1. The van der Waals surface area contributed by atoms with Crippen LogP contribution in [0.4, 0.5) is 11.9 Å². The van der Waals surface area contributed by atoms with E-state index in [1.165, 1.54) is 7.11 Å². The molecule has 1 atom stereocenters. The third-order valence-corrected chi connectivity index (χ3v) is 1.40. The molecule has 1 heterocycles. The van der Waals surface area contributed by atoms with Gasteiger partial charge in [0, 0.05) is 0 Å². The standard InChI is InChI=1S/C6H11N5O2/c1-3(4(12)13-2)8-6-9-5(7)10-11-6/h3H,1-2H3,(H4,7,8,9,10,11). The van der Waals surface area contributed by atoms with E-state index in [1.807, 2.05) is 0 Å². The molecule has 1 unspecified atom stereocenters. The molecule has 0 saturated heterocycles. The number of esters is 1.